The van der Waals surface area contributed by atoms with Crippen LogP contribution in [0, 0.1) is 11.6 Å². The van der Waals surface area contributed by atoms with E-state index in [4.69, 9.17) is 0 Å². The summed E-state index contributed by atoms with van der Waals surface area (Å²) in [6.07, 6.45) is 1.16. The van der Waals surface area contributed by atoms with E-state index < -0.39 is 23.5 Å². The van der Waals surface area contributed by atoms with Crippen molar-refractivity contribution < 1.29 is 23.1 Å². The Hall–Kier alpha value is -2.83. The maximum atomic E-state index is 13.4. The fourth-order valence-corrected chi connectivity index (χ4v) is 1.55. The van der Waals surface area contributed by atoms with Crippen molar-refractivity contribution in [2.24, 2.45) is 0 Å². The van der Waals surface area contributed by atoms with E-state index in [1.54, 1.807) is 0 Å². The summed E-state index contributed by atoms with van der Waals surface area (Å²) in [4.78, 5) is 26.8. The molecule has 0 aliphatic carbocycles. The van der Waals surface area contributed by atoms with Crippen LogP contribution < -0.4 is 5.32 Å². The second-order valence-corrected chi connectivity index (χ2v) is 4.00. The number of methoxy groups -OCH3 is 1. The number of pyridine rings is 1. The van der Waals surface area contributed by atoms with Crippen molar-refractivity contribution >= 4 is 17.6 Å². The van der Waals surface area contributed by atoms with Gasteiger partial charge in [0.05, 0.1) is 18.4 Å². The second-order valence-electron chi connectivity index (χ2n) is 4.00. The Balaban J connectivity index is 2.17. The summed E-state index contributed by atoms with van der Waals surface area (Å²) >= 11 is 0. The molecular weight excluding hydrogens is 282 g/mol. The summed E-state index contributed by atoms with van der Waals surface area (Å²) < 4.78 is 30.9. The normalized spacial score (nSPS) is 10.0. The van der Waals surface area contributed by atoms with Gasteiger partial charge in [0.1, 0.15) is 17.3 Å². The number of carbonyl (C=O) groups excluding carboxylic acids is 2. The third kappa shape index (κ3) is 3.38. The molecule has 108 valence electrons. The number of nitrogens with one attached hydrogen (secondary N) is 1. The van der Waals surface area contributed by atoms with Crippen LogP contribution in [0.15, 0.2) is 36.5 Å². The van der Waals surface area contributed by atoms with Crippen LogP contribution in [-0.4, -0.2) is 24.0 Å². The first-order chi connectivity index (χ1) is 10.0. The Morgan fingerprint density at radius 1 is 1.19 bits per heavy atom. The predicted octanol–water partition coefficient (Wildman–Crippen LogP) is 2.40. The number of esters is 1. The predicted molar refractivity (Wildman–Crippen MR) is 69.9 cm³/mol. The highest BCUT2D eigenvalue weighted by Crippen LogP contribution is 2.16. The monoisotopic (exact) mass is 292 g/mol. The highest BCUT2D eigenvalue weighted by Gasteiger charge is 2.13. The van der Waals surface area contributed by atoms with Crippen LogP contribution in [0.25, 0.3) is 0 Å². The van der Waals surface area contributed by atoms with Gasteiger partial charge in [-0.1, -0.05) is 0 Å². The minimum absolute atomic E-state index is 0.0497. The number of nitrogens with zero attached hydrogens (tertiary/aromatic N) is 1. The number of carbonyl (C=O) groups is 2. The zero-order valence-corrected chi connectivity index (χ0v) is 10.9. The fourth-order valence-electron chi connectivity index (χ4n) is 1.55. The number of halogens is 2. The molecule has 2 aromatic rings. The molecule has 2 rings (SSSR count). The topological polar surface area (TPSA) is 68.3 Å². The Bertz CT molecular complexity index is 687. The molecule has 0 aliphatic heterocycles. The van der Waals surface area contributed by atoms with Gasteiger partial charge in [0.15, 0.2) is 0 Å². The molecule has 21 heavy (non-hydrogen) atoms. The van der Waals surface area contributed by atoms with Gasteiger partial charge in [-0.05, 0) is 24.3 Å². The molecule has 0 aliphatic rings. The molecule has 0 spiro atoms. The molecule has 0 fully saturated rings. The van der Waals surface area contributed by atoms with Gasteiger partial charge in [-0.15, -0.1) is 0 Å². The lowest BCUT2D eigenvalue weighted by Crippen LogP contribution is -2.15. The number of ether oxygens (including phenoxy) is 1. The molecule has 0 bridgehead atoms. The van der Waals surface area contributed by atoms with Crippen LogP contribution in [0.2, 0.25) is 0 Å². The Morgan fingerprint density at radius 2 is 1.95 bits per heavy atom. The minimum atomic E-state index is -0.768. The molecule has 1 aromatic heterocycles. The van der Waals surface area contributed by atoms with Crippen molar-refractivity contribution in [3.63, 3.8) is 0 Å². The van der Waals surface area contributed by atoms with Crippen LogP contribution in [0.4, 0.5) is 14.5 Å². The number of hydrogen-bond donors (Lipinski definition) is 1. The van der Waals surface area contributed by atoms with Gasteiger partial charge < -0.3 is 10.1 Å². The second kappa shape index (κ2) is 6.08. The third-order valence-electron chi connectivity index (χ3n) is 2.59. The van der Waals surface area contributed by atoms with Crippen molar-refractivity contribution in [3.05, 3.63) is 59.4 Å². The van der Waals surface area contributed by atoms with Gasteiger partial charge in [0.25, 0.3) is 5.91 Å². The average molecular weight is 292 g/mol. The third-order valence-corrected chi connectivity index (χ3v) is 2.59. The van der Waals surface area contributed by atoms with Gasteiger partial charge in [-0.3, -0.25) is 9.78 Å². The van der Waals surface area contributed by atoms with Crippen molar-refractivity contribution in [2.75, 3.05) is 12.4 Å². The molecule has 5 nitrogen and oxygen atoms in total. The largest absolute Gasteiger partial charge is 0.465 e. The van der Waals surface area contributed by atoms with E-state index in [2.05, 4.69) is 15.0 Å². The average Bonchev–Trinajstić information content (AvgIpc) is 2.50. The van der Waals surface area contributed by atoms with Crippen molar-refractivity contribution in [1.29, 1.82) is 0 Å². The van der Waals surface area contributed by atoms with E-state index in [0.29, 0.717) is 0 Å². The summed E-state index contributed by atoms with van der Waals surface area (Å²) in [5.74, 6) is -2.77. The number of benzene rings is 1. The van der Waals surface area contributed by atoms with Crippen molar-refractivity contribution in [3.8, 4) is 0 Å². The highest BCUT2D eigenvalue weighted by atomic mass is 19.1. The lowest BCUT2D eigenvalue weighted by molar-refractivity contribution is 0.0600. The first kappa shape index (κ1) is 14.6. The molecule has 0 atom stereocenters. The molecule has 7 heteroatoms. The molecule has 0 unspecified atom stereocenters. The van der Waals surface area contributed by atoms with Crippen LogP contribution >= 0.6 is 0 Å². The molecule has 0 saturated carbocycles. The summed E-state index contributed by atoms with van der Waals surface area (Å²) in [5, 5.41) is 2.20. The van der Waals surface area contributed by atoms with Gasteiger partial charge in [0, 0.05) is 12.3 Å². The number of rotatable bonds is 3. The minimum Gasteiger partial charge on any atom is -0.465 e. The van der Waals surface area contributed by atoms with E-state index in [-0.39, 0.29) is 16.9 Å². The summed E-state index contributed by atoms with van der Waals surface area (Å²) in [5.41, 5.74) is -0.170. The van der Waals surface area contributed by atoms with Crippen LogP contribution in [0.3, 0.4) is 0 Å². The smallest absolute Gasteiger partial charge is 0.339 e. The van der Waals surface area contributed by atoms with E-state index in [1.165, 1.54) is 19.2 Å². The fraction of sp³-hybridized carbons (Fsp3) is 0.0714. The maximum Gasteiger partial charge on any atom is 0.339 e. The Labute approximate surface area is 118 Å². The number of anilines is 1. The summed E-state index contributed by atoms with van der Waals surface area (Å²) in [7, 11) is 1.22. The zero-order chi connectivity index (χ0) is 15.4. The maximum absolute atomic E-state index is 13.4. The summed E-state index contributed by atoms with van der Waals surface area (Å²) in [6, 6.07) is 5.32. The van der Waals surface area contributed by atoms with Crippen molar-refractivity contribution in [1.82, 2.24) is 4.98 Å². The molecule has 1 amide bonds. The van der Waals surface area contributed by atoms with E-state index in [1.807, 2.05) is 0 Å². The lowest BCUT2D eigenvalue weighted by Gasteiger charge is -2.06. The van der Waals surface area contributed by atoms with Gasteiger partial charge >= 0.3 is 5.97 Å². The highest BCUT2D eigenvalue weighted by molar-refractivity contribution is 6.03. The van der Waals surface area contributed by atoms with Crippen LogP contribution in [0.5, 0.6) is 0 Å². The zero-order valence-electron chi connectivity index (χ0n) is 10.9. The SMILES string of the molecule is COC(=O)c1ccc(C(=O)Nc2cc(F)ccc2F)nc1. The van der Waals surface area contributed by atoms with Gasteiger partial charge in [0.2, 0.25) is 0 Å². The number of amides is 1. The standard InChI is InChI=1S/C14H10F2N2O3/c1-21-14(20)8-2-5-11(17-7-8)13(19)18-12-6-9(15)3-4-10(12)16/h2-7H,1H3,(H,18,19). The molecular formula is C14H10F2N2O3. The lowest BCUT2D eigenvalue weighted by atomic mass is 10.2. The number of aromatic nitrogens is 1. The van der Waals surface area contributed by atoms with E-state index >= 15 is 0 Å². The molecule has 1 aromatic carbocycles. The molecule has 0 saturated heterocycles. The molecule has 1 N–H and O–H groups in total. The first-order valence-electron chi connectivity index (χ1n) is 5.82. The van der Waals surface area contributed by atoms with E-state index in [0.717, 1.165) is 24.4 Å². The number of hydrogen-bond acceptors (Lipinski definition) is 4. The molecule has 0 radical (unpaired) electrons. The van der Waals surface area contributed by atoms with Crippen LogP contribution in [0.1, 0.15) is 20.8 Å². The van der Waals surface area contributed by atoms with Gasteiger partial charge in [-0.2, -0.15) is 0 Å². The van der Waals surface area contributed by atoms with Crippen LogP contribution in [-0.2, 0) is 4.74 Å². The van der Waals surface area contributed by atoms with Gasteiger partial charge in [-0.25, -0.2) is 13.6 Å². The molecule has 1 heterocycles. The van der Waals surface area contributed by atoms with Crippen molar-refractivity contribution in [2.45, 2.75) is 0 Å². The first-order valence-corrected chi connectivity index (χ1v) is 5.82. The van der Waals surface area contributed by atoms with E-state index in [9.17, 15) is 18.4 Å². The quantitative estimate of drug-likeness (QED) is 0.882. The Kier molecular flexibility index (Phi) is 4.22. The Morgan fingerprint density at radius 3 is 2.57 bits per heavy atom. The summed E-state index contributed by atoms with van der Waals surface area (Å²) in [6.45, 7) is 0.